The van der Waals surface area contributed by atoms with Crippen molar-refractivity contribution in [1.29, 1.82) is 0 Å². The predicted octanol–water partition coefficient (Wildman–Crippen LogP) is 3.32. The van der Waals surface area contributed by atoms with Crippen LogP contribution < -0.4 is 14.4 Å². The van der Waals surface area contributed by atoms with Crippen LogP contribution in [0.5, 0.6) is 5.75 Å². The Labute approximate surface area is 207 Å². The number of rotatable bonds is 13. The fraction of sp³-hybridized carbons (Fsp3) is 0.440. The van der Waals surface area contributed by atoms with Crippen LogP contribution in [-0.2, 0) is 26.2 Å². The largest absolute Gasteiger partial charge is 0.497 e. The first-order chi connectivity index (χ1) is 16.6. The van der Waals surface area contributed by atoms with Crippen molar-refractivity contribution in [2.24, 2.45) is 0 Å². The van der Waals surface area contributed by atoms with E-state index in [1.54, 1.807) is 38.3 Å². The van der Waals surface area contributed by atoms with Crippen LogP contribution in [0.4, 0.5) is 10.1 Å². The Kier molecular flexibility index (Phi) is 10.5. The van der Waals surface area contributed by atoms with Gasteiger partial charge < -0.3 is 15.0 Å². The fourth-order valence-corrected chi connectivity index (χ4v) is 4.42. The lowest BCUT2D eigenvalue weighted by atomic mass is 10.1. The van der Waals surface area contributed by atoms with Gasteiger partial charge in [-0.1, -0.05) is 32.4 Å². The summed E-state index contributed by atoms with van der Waals surface area (Å²) in [6.07, 6.45) is 3.04. The molecule has 0 saturated carbocycles. The number of hydrogen-bond acceptors (Lipinski definition) is 5. The van der Waals surface area contributed by atoms with Gasteiger partial charge in [0.15, 0.2) is 0 Å². The number of sulfonamides is 1. The molecule has 1 N–H and O–H groups in total. The number of methoxy groups -OCH3 is 1. The van der Waals surface area contributed by atoms with Crippen LogP contribution in [-0.4, -0.2) is 57.6 Å². The number of nitrogens with one attached hydrogen (secondary N) is 1. The number of hydrogen-bond donors (Lipinski definition) is 1. The molecule has 192 valence electrons. The SMILES string of the molecule is CCCCNC(=O)C(CC)N(Cc1ccc(OC)cc1)C(=O)CN(c1ccc(F)cc1)S(C)(=O)=O. The molecule has 0 aliphatic rings. The molecular weight excluding hydrogens is 473 g/mol. The molecule has 1 atom stereocenters. The summed E-state index contributed by atoms with van der Waals surface area (Å²) in [4.78, 5) is 27.9. The smallest absolute Gasteiger partial charge is 0.244 e. The van der Waals surface area contributed by atoms with Crippen LogP contribution >= 0.6 is 0 Å². The minimum atomic E-state index is -3.87. The second-order valence-electron chi connectivity index (χ2n) is 8.18. The summed E-state index contributed by atoms with van der Waals surface area (Å²) in [5.74, 6) is -0.719. The third-order valence-corrected chi connectivity index (χ3v) is 6.66. The lowest BCUT2D eigenvalue weighted by molar-refractivity contribution is -0.140. The molecule has 0 fully saturated rings. The standard InChI is InChI=1S/C25H34FN3O5S/c1-5-7-16-27-25(31)23(6-2)28(17-19-8-14-22(34-3)15-9-19)24(30)18-29(35(4,32)33)21-12-10-20(26)11-13-21/h8-15,23H,5-7,16-18H2,1-4H3,(H,27,31). The minimum absolute atomic E-state index is 0.101. The van der Waals surface area contributed by atoms with Gasteiger partial charge in [-0.3, -0.25) is 13.9 Å². The van der Waals surface area contributed by atoms with E-state index in [1.165, 1.54) is 17.0 Å². The highest BCUT2D eigenvalue weighted by Gasteiger charge is 2.31. The van der Waals surface area contributed by atoms with Crippen LogP contribution in [0.1, 0.15) is 38.7 Å². The van der Waals surface area contributed by atoms with E-state index in [1.807, 2.05) is 6.92 Å². The Morgan fingerprint density at radius 1 is 1.06 bits per heavy atom. The average molecular weight is 508 g/mol. The van der Waals surface area contributed by atoms with Gasteiger partial charge in [0.05, 0.1) is 19.1 Å². The summed E-state index contributed by atoms with van der Waals surface area (Å²) in [5.41, 5.74) is 0.915. The maximum atomic E-state index is 13.5. The number of amides is 2. The normalized spacial score (nSPS) is 12.0. The predicted molar refractivity (Wildman–Crippen MR) is 134 cm³/mol. The van der Waals surface area contributed by atoms with Crippen molar-refractivity contribution >= 4 is 27.5 Å². The summed E-state index contributed by atoms with van der Waals surface area (Å²) in [7, 11) is -2.32. The number of unbranched alkanes of at least 4 members (excludes halogenated alkanes) is 1. The third-order valence-electron chi connectivity index (χ3n) is 5.52. The van der Waals surface area contributed by atoms with Gasteiger partial charge >= 0.3 is 0 Å². The molecule has 0 spiro atoms. The average Bonchev–Trinajstić information content (AvgIpc) is 2.83. The van der Waals surface area contributed by atoms with Crippen LogP contribution in [0.25, 0.3) is 0 Å². The van der Waals surface area contributed by atoms with E-state index in [4.69, 9.17) is 4.74 Å². The van der Waals surface area contributed by atoms with Gasteiger partial charge in [-0.25, -0.2) is 12.8 Å². The molecule has 0 aromatic heterocycles. The van der Waals surface area contributed by atoms with Gasteiger partial charge in [-0.15, -0.1) is 0 Å². The lowest BCUT2D eigenvalue weighted by Gasteiger charge is -2.33. The molecule has 2 aromatic carbocycles. The monoisotopic (exact) mass is 507 g/mol. The summed E-state index contributed by atoms with van der Waals surface area (Å²) in [6, 6.07) is 11.1. The van der Waals surface area contributed by atoms with Crippen LogP contribution in [0, 0.1) is 5.82 Å². The first kappa shape index (κ1) is 28.1. The van der Waals surface area contributed by atoms with Crippen molar-refractivity contribution in [3.8, 4) is 5.75 Å². The first-order valence-corrected chi connectivity index (χ1v) is 13.4. The van der Waals surface area contributed by atoms with E-state index in [2.05, 4.69) is 5.32 Å². The van der Waals surface area contributed by atoms with Crippen molar-refractivity contribution in [1.82, 2.24) is 10.2 Å². The molecule has 0 heterocycles. The number of benzene rings is 2. The van der Waals surface area contributed by atoms with Crippen molar-refractivity contribution in [3.05, 3.63) is 59.9 Å². The quantitative estimate of drug-likeness (QED) is 0.420. The number of ether oxygens (including phenoxy) is 1. The molecule has 2 aromatic rings. The second kappa shape index (κ2) is 13.1. The topological polar surface area (TPSA) is 96.0 Å². The van der Waals surface area contributed by atoms with E-state index < -0.39 is 34.3 Å². The van der Waals surface area contributed by atoms with Gasteiger partial charge in [-0.05, 0) is 54.8 Å². The number of nitrogens with zero attached hydrogens (tertiary/aromatic N) is 2. The van der Waals surface area contributed by atoms with E-state index in [-0.39, 0.29) is 18.1 Å². The highest BCUT2D eigenvalue weighted by Crippen LogP contribution is 2.21. The molecular formula is C25H34FN3O5S. The lowest BCUT2D eigenvalue weighted by Crippen LogP contribution is -2.52. The van der Waals surface area contributed by atoms with Crippen LogP contribution in [0.15, 0.2) is 48.5 Å². The van der Waals surface area contributed by atoms with Gasteiger partial charge in [-0.2, -0.15) is 0 Å². The number of carbonyl (C=O) groups is 2. The molecule has 35 heavy (non-hydrogen) atoms. The summed E-state index contributed by atoms with van der Waals surface area (Å²) >= 11 is 0. The zero-order chi connectivity index (χ0) is 26.0. The molecule has 0 bridgehead atoms. The Morgan fingerprint density at radius 2 is 1.69 bits per heavy atom. The minimum Gasteiger partial charge on any atom is -0.497 e. The Morgan fingerprint density at radius 3 is 2.20 bits per heavy atom. The zero-order valence-electron chi connectivity index (χ0n) is 20.7. The van der Waals surface area contributed by atoms with Gasteiger partial charge in [0.1, 0.15) is 24.2 Å². The highest BCUT2D eigenvalue weighted by atomic mass is 32.2. The Balaban J connectivity index is 2.38. The van der Waals surface area contributed by atoms with E-state index in [0.29, 0.717) is 18.7 Å². The Hall–Kier alpha value is -3.14. The number of carbonyl (C=O) groups excluding carboxylic acids is 2. The van der Waals surface area contributed by atoms with Crippen LogP contribution in [0.3, 0.4) is 0 Å². The molecule has 1 unspecified atom stereocenters. The van der Waals surface area contributed by atoms with Crippen molar-refractivity contribution in [2.75, 3.05) is 30.8 Å². The molecule has 2 amide bonds. The maximum Gasteiger partial charge on any atom is 0.244 e. The molecule has 2 rings (SSSR count). The van der Waals surface area contributed by atoms with Crippen molar-refractivity contribution < 1.29 is 27.1 Å². The Bertz CT molecular complexity index is 1080. The zero-order valence-corrected chi connectivity index (χ0v) is 21.5. The van der Waals surface area contributed by atoms with E-state index in [0.717, 1.165) is 41.1 Å². The van der Waals surface area contributed by atoms with E-state index in [9.17, 15) is 22.4 Å². The number of halogens is 1. The molecule has 8 nitrogen and oxygen atoms in total. The molecule has 10 heteroatoms. The molecule has 0 aliphatic carbocycles. The molecule has 0 aliphatic heterocycles. The first-order valence-electron chi connectivity index (χ1n) is 11.5. The molecule has 0 radical (unpaired) electrons. The third kappa shape index (κ3) is 8.24. The second-order valence-corrected chi connectivity index (χ2v) is 10.1. The fourth-order valence-electron chi connectivity index (χ4n) is 3.57. The highest BCUT2D eigenvalue weighted by molar-refractivity contribution is 7.92. The summed E-state index contributed by atoms with van der Waals surface area (Å²) in [5, 5.41) is 2.87. The van der Waals surface area contributed by atoms with Gasteiger partial charge in [0.2, 0.25) is 21.8 Å². The van der Waals surface area contributed by atoms with Crippen molar-refractivity contribution in [2.45, 2.75) is 45.7 Å². The van der Waals surface area contributed by atoms with Gasteiger partial charge in [0, 0.05) is 13.1 Å². The number of anilines is 1. The summed E-state index contributed by atoms with van der Waals surface area (Å²) < 4.78 is 44.5. The van der Waals surface area contributed by atoms with Crippen molar-refractivity contribution in [3.63, 3.8) is 0 Å². The summed E-state index contributed by atoms with van der Waals surface area (Å²) in [6.45, 7) is 3.87. The van der Waals surface area contributed by atoms with Crippen LogP contribution in [0.2, 0.25) is 0 Å². The van der Waals surface area contributed by atoms with E-state index >= 15 is 0 Å². The van der Waals surface area contributed by atoms with Gasteiger partial charge in [0.25, 0.3) is 0 Å². The molecule has 0 saturated heterocycles. The maximum absolute atomic E-state index is 13.5.